The third kappa shape index (κ3) is 4.91. The molecule has 6 rings (SSSR count). The number of rotatable bonds is 9. The van der Waals surface area contributed by atoms with E-state index in [0.29, 0.717) is 28.5 Å². The van der Waals surface area contributed by atoms with Gasteiger partial charge < -0.3 is 19.9 Å². The number of nitrogens with one attached hydrogen (secondary N) is 1. The van der Waals surface area contributed by atoms with E-state index in [2.05, 4.69) is 55.7 Å². The molecule has 10 nitrogen and oxygen atoms in total. The van der Waals surface area contributed by atoms with Crippen molar-refractivity contribution in [3.05, 3.63) is 83.6 Å². The van der Waals surface area contributed by atoms with Crippen molar-refractivity contribution in [2.45, 2.75) is 45.4 Å². The van der Waals surface area contributed by atoms with Gasteiger partial charge in [-0.3, -0.25) is 4.79 Å². The van der Waals surface area contributed by atoms with Gasteiger partial charge in [0.1, 0.15) is 11.0 Å². The fraction of sp³-hybridized carbons (Fsp3) is 0.333. The Morgan fingerprint density at radius 2 is 1.93 bits per heavy atom. The maximum Gasteiger partial charge on any atom is 0.278 e. The van der Waals surface area contributed by atoms with Gasteiger partial charge in [-0.2, -0.15) is 4.98 Å². The minimum absolute atomic E-state index is 0.242. The molecule has 0 unspecified atom stereocenters. The zero-order chi connectivity index (χ0) is 27.9. The fourth-order valence-corrected chi connectivity index (χ4v) is 5.35. The Morgan fingerprint density at radius 3 is 2.70 bits per heavy atom. The van der Waals surface area contributed by atoms with Crippen LogP contribution in [0.5, 0.6) is 0 Å². The highest BCUT2D eigenvalue weighted by Gasteiger charge is 2.22. The summed E-state index contributed by atoms with van der Waals surface area (Å²) in [6, 6.07) is 13.7. The maximum absolute atomic E-state index is 13.3. The minimum atomic E-state index is -1.14. The molecule has 10 heteroatoms. The first-order chi connectivity index (χ1) is 19.3. The average Bonchev–Trinajstić information content (AvgIpc) is 3.66. The molecule has 2 N–H and O–H groups in total. The zero-order valence-electron chi connectivity index (χ0n) is 22.9. The summed E-state index contributed by atoms with van der Waals surface area (Å²) in [5.74, 6) is 0.832. The maximum atomic E-state index is 13.3. The van der Waals surface area contributed by atoms with Crippen LogP contribution >= 0.6 is 0 Å². The van der Waals surface area contributed by atoms with Crippen molar-refractivity contribution < 1.29 is 5.11 Å². The van der Waals surface area contributed by atoms with Crippen molar-refractivity contribution >= 4 is 33.6 Å². The van der Waals surface area contributed by atoms with Gasteiger partial charge in [-0.1, -0.05) is 12.1 Å². The van der Waals surface area contributed by atoms with Crippen LogP contribution in [0.4, 0.5) is 11.6 Å². The highest BCUT2D eigenvalue weighted by atomic mass is 16.3. The highest BCUT2D eigenvalue weighted by molar-refractivity contribution is 5.85. The Balaban J connectivity index is 1.33. The highest BCUT2D eigenvalue weighted by Crippen LogP contribution is 2.24. The van der Waals surface area contributed by atoms with Gasteiger partial charge in [-0.25, -0.2) is 19.3 Å². The van der Waals surface area contributed by atoms with Crippen molar-refractivity contribution in [1.29, 1.82) is 0 Å². The Morgan fingerprint density at radius 1 is 1.10 bits per heavy atom. The number of hydrogen-bond acceptors (Lipinski definition) is 7. The lowest BCUT2D eigenvalue weighted by atomic mass is 10.1. The van der Waals surface area contributed by atoms with Gasteiger partial charge in [-0.15, -0.1) is 6.58 Å². The average molecular weight is 539 g/mol. The lowest BCUT2D eigenvalue weighted by Gasteiger charge is -2.18. The summed E-state index contributed by atoms with van der Waals surface area (Å²) in [5.41, 5.74) is 1.56. The summed E-state index contributed by atoms with van der Waals surface area (Å²) in [6.07, 6.45) is 7.93. The quantitative estimate of drug-likeness (QED) is 0.271. The van der Waals surface area contributed by atoms with Crippen molar-refractivity contribution in [1.82, 2.24) is 33.8 Å². The van der Waals surface area contributed by atoms with Crippen LogP contribution in [0.15, 0.2) is 72.3 Å². The van der Waals surface area contributed by atoms with Crippen LogP contribution in [0.1, 0.15) is 32.4 Å². The van der Waals surface area contributed by atoms with Crippen LogP contribution in [0.3, 0.4) is 0 Å². The number of fused-ring (bicyclic) bond motifs is 2. The van der Waals surface area contributed by atoms with E-state index in [1.165, 1.54) is 42.3 Å². The molecule has 0 aliphatic carbocycles. The van der Waals surface area contributed by atoms with E-state index >= 15 is 0 Å². The molecule has 5 heterocycles. The van der Waals surface area contributed by atoms with E-state index < -0.39 is 5.60 Å². The summed E-state index contributed by atoms with van der Waals surface area (Å²) in [5, 5.41) is 15.3. The smallest absolute Gasteiger partial charge is 0.278 e. The molecule has 0 radical (unpaired) electrons. The molecule has 0 spiro atoms. The van der Waals surface area contributed by atoms with Gasteiger partial charge in [0.2, 0.25) is 5.95 Å². The largest absolute Gasteiger partial charge is 0.384 e. The van der Waals surface area contributed by atoms with E-state index in [9.17, 15) is 9.90 Å². The molecular formula is C30H34N8O2. The topological polar surface area (TPSA) is 106 Å². The number of aromatic nitrogens is 6. The number of pyridine rings is 1. The summed E-state index contributed by atoms with van der Waals surface area (Å²) in [7, 11) is 0. The number of hydrogen-bond donors (Lipinski definition) is 2. The monoisotopic (exact) mass is 538 g/mol. The predicted molar refractivity (Wildman–Crippen MR) is 157 cm³/mol. The number of nitrogens with zero attached hydrogens (tertiary/aromatic N) is 7. The number of anilines is 2. The van der Waals surface area contributed by atoms with Gasteiger partial charge in [0.15, 0.2) is 11.5 Å². The molecule has 5 aromatic rings. The van der Waals surface area contributed by atoms with Crippen molar-refractivity contribution in [3.63, 3.8) is 0 Å². The van der Waals surface area contributed by atoms with E-state index in [1.54, 1.807) is 42.8 Å². The number of allylic oxidation sites excluding steroid dienone is 1. The number of aliphatic hydroxyl groups is 1. The molecule has 40 heavy (non-hydrogen) atoms. The van der Waals surface area contributed by atoms with E-state index in [-0.39, 0.29) is 12.1 Å². The molecule has 4 aromatic heterocycles. The summed E-state index contributed by atoms with van der Waals surface area (Å²) in [4.78, 5) is 29.6. The number of benzene rings is 1. The summed E-state index contributed by atoms with van der Waals surface area (Å²) < 4.78 is 5.48. The Labute approximate surface area is 232 Å². The van der Waals surface area contributed by atoms with Gasteiger partial charge in [0, 0.05) is 42.1 Å². The van der Waals surface area contributed by atoms with Crippen LogP contribution in [-0.4, -0.2) is 58.5 Å². The molecule has 206 valence electrons. The Hall–Kier alpha value is -4.28. The Kier molecular flexibility index (Phi) is 6.73. The standard InChI is InChI=1S/C30H34N8O2/c1-4-13-37-28(39)23-20-31-29(34-27(23)38(37)26-9-7-8-25(33-26)30(2,3)40)32-22-10-11-24-21(19-22)12-16-36(24)18-17-35-14-5-6-15-35/h4,7-12,16,19-20,40H,1,5-6,13-15,17-18H2,2-3H3,(H,31,32,34). The van der Waals surface area contributed by atoms with Crippen LogP contribution in [0.25, 0.3) is 27.8 Å². The van der Waals surface area contributed by atoms with Crippen molar-refractivity contribution in [2.75, 3.05) is 25.0 Å². The Bertz CT molecular complexity index is 1750. The van der Waals surface area contributed by atoms with Crippen LogP contribution in [0.2, 0.25) is 0 Å². The molecule has 1 saturated heterocycles. The van der Waals surface area contributed by atoms with Gasteiger partial charge >= 0.3 is 0 Å². The van der Waals surface area contributed by atoms with Crippen molar-refractivity contribution in [3.8, 4) is 5.82 Å². The fourth-order valence-electron chi connectivity index (χ4n) is 5.35. The zero-order valence-corrected chi connectivity index (χ0v) is 22.9. The predicted octanol–water partition coefficient (Wildman–Crippen LogP) is 4.18. The second-order valence-corrected chi connectivity index (χ2v) is 10.8. The van der Waals surface area contributed by atoms with Gasteiger partial charge in [-0.05, 0) is 76.2 Å². The van der Waals surface area contributed by atoms with Crippen LogP contribution < -0.4 is 10.9 Å². The molecular weight excluding hydrogens is 504 g/mol. The minimum Gasteiger partial charge on any atom is -0.384 e. The summed E-state index contributed by atoms with van der Waals surface area (Å²) >= 11 is 0. The first-order valence-electron chi connectivity index (χ1n) is 13.7. The summed E-state index contributed by atoms with van der Waals surface area (Å²) in [6.45, 7) is 11.8. The second kappa shape index (κ2) is 10.4. The first kappa shape index (κ1) is 26.0. The third-order valence-electron chi connectivity index (χ3n) is 7.44. The molecule has 1 fully saturated rings. The molecule has 0 saturated carbocycles. The van der Waals surface area contributed by atoms with E-state index in [1.807, 2.05) is 6.07 Å². The molecule has 1 aliphatic rings. The van der Waals surface area contributed by atoms with Gasteiger partial charge in [0.25, 0.3) is 5.56 Å². The molecule has 0 amide bonds. The molecule has 0 bridgehead atoms. The lowest BCUT2D eigenvalue weighted by molar-refractivity contribution is 0.0738. The number of likely N-dealkylation sites (tertiary alicyclic amines) is 1. The lowest BCUT2D eigenvalue weighted by Crippen LogP contribution is -2.23. The second-order valence-electron chi connectivity index (χ2n) is 10.8. The van der Waals surface area contributed by atoms with Crippen molar-refractivity contribution in [2.24, 2.45) is 0 Å². The molecule has 0 atom stereocenters. The first-order valence-corrected chi connectivity index (χ1v) is 13.7. The SMILES string of the molecule is C=CCn1c(=O)c2cnc(Nc3ccc4c(ccn4CCN4CCCC4)c3)nc2n1-c1cccc(C(C)(C)O)n1. The normalized spacial score (nSPS) is 14.4. The van der Waals surface area contributed by atoms with E-state index in [4.69, 9.17) is 4.98 Å². The van der Waals surface area contributed by atoms with Crippen LogP contribution in [0, 0.1) is 0 Å². The van der Waals surface area contributed by atoms with Crippen LogP contribution in [-0.2, 0) is 18.7 Å². The van der Waals surface area contributed by atoms with Gasteiger partial charge in [0.05, 0.1) is 12.2 Å². The third-order valence-corrected chi connectivity index (χ3v) is 7.44. The van der Waals surface area contributed by atoms with E-state index in [0.717, 1.165) is 24.2 Å². The molecule has 1 aliphatic heterocycles. The molecule has 1 aromatic carbocycles.